The second-order valence-electron chi connectivity index (χ2n) is 19.3. The second-order valence-corrected chi connectivity index (χ2v) is 19.3. The number of amides is 1. The monoisotopic (exact) mass is 993 g/mol. The van der Waals surface area contributed by atoms with Crippen molar-refractivity contribution < 1.29 is 84.7 Å². The van der Waals surface area contributed by atoms with Gasteiger partial charge in [0, 0.05) is 38.0 Å². The quantitative estimate of drug-likeness (QED) is 0.170. The largest absolute Gasteiger partial charge is 0.462 e. The molecule has 19 nitrogen and oxygen atoms in total. The molecule has 0 aromatic heterocycles. The number of esters is 1. The fourth-order valence-electron chi connectivity index (χ4n) is 9.07. The van der Waals surface area contributed by atoms with Gasteiger partial charge in [0.1, 0.15) is 12.2 Å². The number of aliphatic hydroxyl groups is 11. The Hall–Kier alpha value is -3.48. The Kier molecular flexibility index (Phi) is 25.2. The van der Waals surface area contributed by atoms with Gasteiger partial charge in [-0.1, -0.05) is 105 Å². The summed E-state index contributed by atoms with van der Waals surface area (Å²) >= 11 is 0. The first-order chi connectivity index (χ1) is 33.2. The number of allylic oxidation sites excluding steroid dienone is 12. The summed E-state index contributed by atoms with van der Waals surface area (Å²) in [4.78, 5) is 26.6. The summed E-state index contributed by atoms with van der Waals surface area (Å²) in [6.07, 6.45) is 7.16. The predicted octanol–water partition coefficient (Wildman–Crippen LogP) is 0.412. The minimum atomic E-state index is -2.30. The maximum Gasteiger partial charge on any atom is 0.308 e. The van der Waals surface area contributed by atoms with E-state index in [2.05, 4.69) is 5.32 Å². The summed E-state index contributed by atoms with van der Waals surface area (Å²) in [5.74, 6) is -5.28. The highest BCUT2D eigenvalue weighted by Crippen LogP contribution is 2.38. The van der Waals surface area contributed by atoms with Gasteiger partial charge in [0.05, 0.1) is 98.2 Å². The van der Waals surface area contributed by atoms with Crippen LogP contribution in [0.1, 0.15) is 97.3 Å². The van der Waals surface area contributed by atoms with Crippen molar-refractivity contribution in [1.82, 2.24) is 5.32 Å². The van der Waals surface area contributed by atoms with Crippen LogP contribution in [0.15, 0.2) is 85.1 Å². The molecule has 70 heavy (non-hydrogen) atoms. The molecule has 14 N–H and O–H groups in total. The molecule has 0 radical (unpaired) electrons. The minimum absolute atomic E-state index is 0.0984. The Morgan fingerprint density at radius 1 is 0.657 bits per heavy atom. The molecule has 3 heterocycles. The zero-order chi connectivity index (χ0) is 51.4. The van der Waals surface area contributed by atoms with E-state index in [1.165, 1.54) is 0 Å². The smallest absolute Gasteiger partial charge is 0.308 e. The fourth-order valence-corrected chi connectivity index (χ4v) is 9.07. The van der Waals surface area contributed by atoms with Gasteiger partial charge in [-0.15, -0.1) is 0 Å². The number of hydrogen-bond donors (Lipinski definition) is 13. The number of fused-ring (bicyclic) bond motifs is 2. The van der Waals surface area contributed by atoms with Crippen LogP contribution in [0, 0.1) is 11.8 Å². The zero-order valence-corrected chi connectivity index (χ0v) is 40.3. The van der Waals surface area contributed by atoms with E-state index in [0.29, 0.717) is 12.8 Å². The number of aliphatic hydroxyl groups excluding tert-OH is 10. The normalized spacial score (nSPS) is 44.3. The Labute approximate surface area is 411 Å². The standard InChI is InChI=1S/C51H80N2O17/c1-31-17-13-11-9-7-5-3-4-6-8-10-12-14-18-36(69-50-48(64)47(52)43(62)30-67-50)27-44-46(49(65)53-37-19-15-16-20-38(37)57)42(61)29-51(66,70-44)28-35(56)25-41(60)39(58)22-21-33(54)24-34(55)26-45(63)68-32(2)23-40(31)59/h3-14,17-18,31-44,46-48,50,54-62,64,66H,15-16,19-30,52H2,1-2H3,(H,53,65)/b4-3+,7-5+,8-6+,11-9+,12-10+,17-13+,18-14+/t31-,32-,33?,34?,35?,36?,37?,38+,39?,40-,41?,42-,43+,44-,46?,47-,48-,50-,51?/m0/s1. The highest BCUT2D eigenvalue weighted by molar-refractivity contribution is 5.80. The first kappa shape index (κ1) is 59.1. The van der Waals surface area contributed by atoms with Gasteiger partial charge in [0.15, 0.2) is 12.1 Å². The fraction of sp³-hybridized carbons (Fsp3) is 0.686. The number of carbonyl (C=O) groups is 2. The van der Waals surface area contributed by atoms with E-state index in [0.717, 1.165) is 12.8 Å². The van der Waals surface area contributed by atoms with Gasteiger partial charge in [0.25, 0.3) is 0 Å². The van der Waals surface area contributed by atoms with Crippen LogP contribution in [0.2, 0.25) is 0 Å². The average molecular weight is 993 g/mol. The summed E-state index contributed by atoms with van der Waals surface area (Å²) in [6.45, 7) is 3.20. The summed E-state index contributed by atoms with van der Waals surface area (Å²) in [6, 6.07) is -1.73. The second kappa shape index (κ2) is 29.9. The van der Waals surface area contributed by atoms with Crippen molar-refractivity contribution in [1.29, 1.82) is 0 Å². The SMILES string of the molecule is C[C@H]1C[C@H](O)[C@@H](C)/C=C/C=C/C=C/C=C/C=C/C=C/C=C/C(O[C@@H]2OC[C@@H](O)[C@H](N)[C@@H]2O)C[C@@H]2OC(O)(CC(O)CC(O)C(O)CCC(O)CC(O)CC(=O)O1)C[C@H](O)C2C(=O)NC1CCCC[C@H]1O. The van der Waals surface area contributed by atoms with Crippen molar-refractivity contribution in [3.05, 3.63) is 85.1 Å². The third-order valence-corrected chi connectivity index (χ3v) is 13.1. The Balaban J connectivity index is 1.59. The van der Waals surface area contributed by atoms with Gasteiger partial charge in [-0.2, -0.15) is 0 Å². The number of rotatable bonds is 4. The van der Waals surface area contributed by atoms with Crippen LogP contribution in [-0.2, 0) is 28.5 Å². The lowest BCUT2D eigenvalue weighted by atomic mass is 9.81. The number of hydrogen-bond acceptors (Lipinski definition) is 18. The zero-order valence-electron chi connectivity index (χ0n) is 40.3. The van der Waals surface area contributed by atoms with Crippen molar-refractivity contribution in [2.45, 2.75) is 201 Å². The molecule has 19 heteroatoms. The van der Waals surface area contributed by atoms with E-state index >= 15 is 0 Å². The van der Waals surface area contributed by atoms with Crippen molar-refractivity contribution >= 4 is 11.9 Å². The van der Waals surface area contributed by atoms with E-state index < -0.39 is 147 Å². The van der Waals surface area contributed by atoms with Gasteiger partial charge in [-0.05, 0) is 39.0 Å². The number of cyclic esters (lactones) is 1. The highest BCUT2D eigenvalue weighted by atomic mass is 16.7. The number of carbonyl (C=O) groups excluding carboxylic acids is 2. The molecule has 396 valence electrons. The van der Waals surface area contributed by atoms with Crippen LogP contribution in [0.25, 0.3) is 0 Å². The van der Waals surface area contributed by atoms with Gasteiger partial charge in [0.2, 0.25) is 5.91 Å². The van der Waals surface area contributed by atoms with Crippen LogP contribution in [-0.4, -0.2) is 178 Å². The number of nitrogens with two attached hydrogens (primary N) is 1. The average Bonchev–Trinajstić information content (AvgIpc) is 3.28. The van der Waals surface area contributed by atoms with Crippen LogP contribution in [0.4, 0.5) is 0 Å². The van der Waals surface area contributed by atoms with Crippen molar-refractivity contribution in [2.75, 3.05) is 6.61 Å². The molecule has 1 aliphatic carbocycles. The van der Waals surface area contributed by atoms with Crippen LogP contribution < -0.4 is 11.1 Å². The third kappa shape index (κ3) is 20.2. The molecule has 4 rings (SSSR count). The lowest BCUT2D eigenvalue weighted by molar-refractivity contribution is -0.304. The molecule has 2 saturated heterocycles. The Morgan fingerprint density at radius 2 is 1.27 bits per heavy atom. The van der Waals surface area contributed by atoms with Crippen LogP contribution >= 0.6 is 0 Å². The maximum absolute atomic E-state index is 14.0. The molecule has 0 spiro atoms. The minimum Gasteiger partial charge on any atom is -0.462 e. The topological polar surface area (TPSA) is 332 Å². The Morgan fingerprint density at radius 3 is 1.91 bits per heavy atom. The molecule has 4 aliphatic rings. The molecule has 19 atom stereocenters. The van der Waals surface area contributed by atoms with E-state index in [1.54, 1.807) is 61.6 Å². The van der Waals surface area contributed by atoms with Gasteiger partial charge in [-0.3, -0.25) is 9.59 Å². The van der Waals surface area contributed by atoms with Crippen LogP contribution in [0.5, 0.6) is 0 Å². The maximum atomic E-state index is 14.0. The van der Waals surface area contributed by atoms with Crippen molar-refractivity contribution in [2.24, 2.45) is 17.6 Å². The van der Waals surface area contributed by atoms with E-state index in [9.17, 15) is 65.8 Å². The molecular weight excluding hydrogens is 913 g/mol. The van der Waals surface area contributed by atoms with E-state index in [1.807, 2.05) is 37.3 Å². The van der Waals surface area contributed by atoms with Gasteiger partial charge >= 0.3 is 5.97 Å². The highest BCUT2D eigenvalue weighted by Gasteiger charge is 2.51. The first-order valence-corrected chi connectivity index (χ1v) is 24.7. The summed E-state index contributed by atoms with van der Waals surface area (Å²) in [5, 5.41) is 123. The summed E-state index contributed by atoms with van der Waals surface area (Å²) < 4.78 is 23.4. The molecule has 0 aromatic carbocycles. The molecule has 3 fully saturated rings. The van der Waals surface area contributed by atoms with Gasteiger partial charge in [-0.25, -0.2) is 0 Å². The van der Waals surface area contributed by atoms with Gasteiger partial charge < -0.3 is 86.2 Å². The third-order valence-electron chi connectivity index (χ3n) is 13.1. The van der Waals surface area contributed by atoms with Crippen LogP contribution in [0.3, 0.4) is 0 Å². The molecule has 1 saturated carbocycles. The first-order valence-electron chi connectivity index (χ1n) is 24.7. The lowest BCUT2D eigenvalue weighted by Gasteiger charge is -2.46. The molecule has 0 aromatic rings. The number of nitrogens with one attached hydrogen (secondary N) is 1. The molecule has 3 aliphatic heterocycles. The van der Waals surface area contributed by atoms with E-state index in [-0.39, 0.29) is 44.6 Å². The molecular formula is C51H80N2O17. The lowest BCUT2D eigenvalue weighted by Crippen LogP contribution is -2.60. The molecule has 1 amide bonds. The number of ether oxygens (including phenoxy) is 4. The van der Waals surface area contributed by atoms with E-state index in [4.69, 9.17) is 24.7 Å². The Bertz CT molecular complexity index is 1790. The molecule has 2 bridgehead atoms. The van der Waals surface area contributed by atoms with Crippen molar-refractivity contribution in [3.63, 3.8) is 0 Å². The van der Waals surface area contributed by atoms with Crippen molar-refractivity contribution in [3.8, 4) is 0 Å². The molecule has 9 unspecified atom stereocenters. The summed E-state index contributed by atoms with van der Waals surface area (Å²) in [5.41, 5.74) is 6.03. The predicted molar refractivity (Wildman–Crippen MR) is 257 cm³/mol. The summed E-state index contributed by atoms with van der Waals surface area (Å²) in [7, 11) is 0.